The van der Waals surface area contributed by atoms with Gasteiger partial charge >= 0.3 is 12.0 Å². The van der Waals surface area contributed by atoms with Gasteiger partial charge in [0.1, 0.15) is 11.3 Å². The summed E-state index contributed by atoms with van der Waals surface area (Å²) >= 11 is 0. The summed E-state index contributed by atoms with van der Waals surface area (Å²) in [5.74, 6) is -1.71. The number of hydrogen-bond acceptors (Lipinski definition) is 5. The SMILES string of the molecule is CC1(c2cccnc2)NC(=O)N(Cc2ccc(C(=O)O)o2)C1=O. The Balaban J connectivity index is 1.85. The molecule has 3 rings (SSSR count). The van der Waals surface area contributed by atoms with Crippen molar-refractivity contribution in [2.45, 2.75) is 19.0 Å². The summed E-state index contributed by atoms with van der Waals surface area (Å²) in [4.78, 5) is 40.5. The first-order valence-electron chi connectivity index (χ1n) is 6.78. The number of pyridine rings is 1. The summed E-state index contributed by atoms with van der Waals surface area (Å²) in [6.07, 6.45) is 3.08. The highest BCUT2D eigenvalue weighted by atomic mass is 16.4. The van der Waals surface area contributed by atoms with Crippen LogP contribution in [0.4, 0.5) is 4.79 Å². The van der Waals surface area contributed by atoms with Crippen molar-refractivity contribution in [3.63, 3.8) is 0 Å². The largest absolute Gasteiger partial charge is 0.475 e. The molecule has 2 N–H and O–H groups in total. The van der Waals surface area contributed by atoms with Crippen molar-refractivity contribution >= 4 is 17.9 Å². The quantitative estimate of drug-likeness (QED) is 0.823. The number of nitrogens with zero attached hydrogens (tertiary/aromatic N) is 2. The molecule has 8 heteroatoms. The Hall–Kier alpha value is -3.16. The van der Waals surface area contributed by atoms with E-state index in [2.05, 4.69) is 10.3 Å². The van der Waals surface area contributed by atoms with Crippen molar-refractivity contribution in [1.29, 1.82) is 0 Å². The van der Waals surface area contributed by atoms with Crippen molar-refractivity contribution in [3.8, 4) is 0 Å². The second-order valence-corrected chi connectivity index (χ2v) is 5.26. The van der Waals surface area contributed by atoms with Crippen LogP contribution in [0.15, 0.2) is 41.1 Å². The molecule has 1 saturated heterocycles. The highest BCUT2D eigenvalue weighted by Gasteiger charge is 2.49. The third kappa shape index (κ3) is 2.44. The number of rotatable bonds is 4. The molecule has 0 bridgehead atoms. The maximum atomic E-state index is 12.6. The highest BCUT2D eigenvalue weighted by molar-refractivity contribution is 6.07. The topological polar surface area (TPSA) is 113 Å². The van der Waals surface area contributed by atoms with Crippen LogP contribution in [0.2, 0.25) is 0 Å². The lowest BCUT2D eigenvalue weighted by atomic mass is 9.93. The Morgan fingerprint density at radius 2 is 2.17 bits per heavy atom. The van der Waals surface area contributed by atoms with Gasteiger partial charge in [-0.15, -0.1) is 0 Å². The molecule has 3 heterocycles. The molecule has 2 aromatic rings. The lowest BCUT2D eigenvalue weighted by Crippen LogP contribution is -2.40. The number of carbonyl (C=O) groups is 3. The first-order chi connectivity index (χ1) is 10.9. The van der Waals surface area contributed by atoms with Crippen LogP contribution < -0.4 is 5.32 Å². The zero-order chi connectivity index (χ0) is 16.6. The average molecular weight is 315 g/mol. The maximum absolute atomic E-state index is 12.6. The van der Waals surface area contributed by atoms with Crippen LogP contribution in [0.5, 0.6) is 0 Å². The minimum Gasteiger partial charge on any atom is -0.475 e. The van der Waals surface area contributed by atoms with Gasteiger partial charge in [0.15, 0.2) is 0 Å². The highest BCUT2D eigenvalue weighted by Crippen LogP contribution is 2.29. The van der Waals surface area contributed by atoms with Crippen molar-refractivity contribution < 1.29 is 23.9 Å². The van der Waals surface area contributed by atoms with Crippen molar-refractivity contribution in [3.05, 3.63) is 53.7 Å². The minimum absolute atomic E-state index is 0.145. The van der Waals surface area contributed by atoms with E-state index in [0.29, 0.717) is 5.56 Å². The van der Waals surface area contributed by atoms with Gasteiger partial charge in [-0.3, -0.25) is 14.7 Å². The number of aromatic carboxylic acids is 1. The Kier molecular flexibility index (Phi) is 3.36. The molecule has 1 aliphatic heterocycles. The summed E-state index contributed by atoms with van der Waals surface area (Å²) in [5.41, 5.74) is -0.653. The molecule has 23 heavy (non-hydrogen) atoms. The Morgan fingerprint density at radius 3 is 2.78 bits per heavy atom. The number of amides is 3. The Bertz CT molecular complexity index is 785. The molecular weight excluding hydrogens is 302 g/mol. The van der Waals surface area contributed by atoms with E-state index in [0.717, 1.165) is 4.90 Å². The predicted octanol–water partition coefficient (Wildman–Crippen LogP) is 1.34. The van der Waals surface area contributed by atoms with E-state index in [-0.39, 0.29) is 18.1 Å². The van der Waals surface area contributed by atoms with Crippen LogP contribution in [0.3, 0.4) is 0 Å². The molecule has 0 radical (unpaired) electrons. The normalized spacial score (nSPS) is 20.7. The summed E-state index contributed by atoms with van der Waals surface area (Å²) in [7, 11) is 0. The molecule has 1 aliphatic rings. The molecule has 0 aliphatic carbocycles. The summed E-state index contributed by atoms with van der Waals surface area (Å²) in [5, 5.41) is 11.5. The predicted molar refractivity (Wildman–Crippen MR) is 76.3 cm³/mol. The standard InChI is InChI=1S/C15H13N3O5/c1-15(9-3-2-6-16-7-9)13(21)18(14(22)17-15)8-10-4-5-11(23-10)12(19)20/h2-7H,8H2,1H3,(H,17,22)(H,19,20). The van der Waals surface area contributed by atoms with Gasteiger partial charge in [0, 0.05) is 18.0 Å². The van der Waals surface area contributed by atoms with Gasteiger partial charge < -0.3 is 14.8 Å². The van der Waals surface area contributed by atoms with Crippen molar-refractivity contribution in [2.24, 2.45) is 0 Å². The fourth-order valence-electron chi connectivity index (χ4n) is 2.43. The van der Waals surface area contributed by atoms with E-state index >= 15 is 0 Å². The van der Waals surface area contributed by atoms with E-state index in [9.17, 15) is 14.4 Å². The maximum Gasteiger partial charge on any atom is 0.371 e. The summed E-state index contributed by atoms with van der Waals surface area (Å²) in [6, 6.07) is 5.49. The van der Waals surface area contributed by atoms with Gasteiger partial charge in [0.05, 0.1) is 6.54 Å². The number of nitrogens with one attached hydrogen (secondary N) is 1. The number of carboxylic acids is 1. The molecule has 0 saturated carbocycles. The minimum atomic E-state index is -1.21. The zero-order valence-electron chi connectivity index (χ0n) is 12.1. The monoisotopic (exact) mass is 315 g/mol. The number of hydrogen-bond donors (Lipinski definition) is 2. The number of carbonyl (C=O) groups excluding carboxylic acids is 2. The van der Waals surface area contributed by atoms with Gasteiger partial charge in [-0.05, 0) is 25.1 Å². The van der Waals surface area contributed by atoms with E-state index in [1.807, 2.05) is 0 Å². The van der Waals surface area contributed by atoms with Gasteiger partial charge in [0.25, 0.3) is 5.91 Å². The van der Waals surface area contributed by atoms with Crippen molar-refractivity contribution in [2.75, 3.05) is 0 Å². The smallest absolute Gasteiger partial charge is 0.371 e. The first kappa shape index (κ1) is 14.8. The molecule has 118 valence electrons. The van der Waals surface area contributed by atoms with Crippen LogP contribution in [0.1, 0.15) is 28.8 Å². The second kappa shape index (κ2) is 5.24. The van der Waals surface area contributed by atoms with E-state index < -0.39 is 23.4 Å². The fraction of sp³-hybridized carbons (Fsp3) is 0.200. The number of urea groups is 1. The summed E-state index contributed by atoms with van der Waals surface area (Å²) in [6.45, 7) is 1.45. The number of aromatic nitrogens is 1. The fourth-order valence-corrected chi connectivity index (χ4v) is 2.43. The Labute approximate surface area is 130 Å². The third-order valence-electron chi connectivity index (χ3n) is 3.70. The van der Waals surface area contributed by atoms with Crippen LogP contribution in [0, 0.1) is 0 Å². The van der Waals surface area contributed by atoms with E-state index in [4.69, 9.17) is 9.52 Å². The van der Waals surface area contributed by atoms with E-state index in [1.165, 1.54) is 18.3 Å². The number of furan rings is 1. The zero-order valence-corrected chi connectivity index (χ0v) is 12.1. The van der Waals surface area contributed by atoms with Crippen LogP contribution >= 0.6 is 0 Å². The molecule has 1 unspecified atom stereocenters. The van der Waals surface area contributed by atoms with E-state index in [1.54, 1.807) is 25.3 Å². The van der Waals surface area contributed by atoms with Gasteiger partial charge in [-0.2, -0.15) is 0 Å². The molecule has 3 amide bonds. The lowest BCUT2D eigenvalue weighted by molar-refractivity contribution is -0.131. The van der Waals surface area contributed by atoms with Crippen LogP contribution in [-0.2, 0) is 16.9 Å². The molecule has 8 nitrogen and oxygen atoms in total. The van der Waals surface area contributed by atoms with Gasteiger partial charge in [0.2, 0.25) is 5.76 Å². The number of carboxylic acid groups (broad SMARTS) is 1. The van der Waals surface area contributed by atoms with Crippen LogP contribution in [-0.4, -0.2) is 32.9 Å². The average Bonchev–Trinajstić information content (AvgIpc) is 3.08. The number of imide groups is 1. The molecule has 0 aromatic carbocycles. The van der Waals surface area contributed by atoms with Gasteiger partial charge in [-0.1, -0.05) is 6.07 Å². The molecular formula is C15H13N3O5. The third-order valence-corrected chi connectivity index (χ3v) is 3.70. The van der Waals surface area contributed by atoms with Gasteiger partial charge in [-0.25, -0.2) is 9.59 Å². The second-order valence-electron chi connectivity index (χ2n) is 5.26. The molecule has 0 spiro atoms. The molecule has 1 fully saturated rings. The molecule has 2 aromatic heterocycles. The lowest BCUT2D eigenvalue weighted by Gasteiger charge is -2.21. The van der Waals surface area contributed by atoms with Crippen molar-refractivity contribution in [1.82, 2.24) is 15.2 Å². The first-order valence-corrected chi connectivity index (χ1v) is 6.78. The summed E-state index contributed by atoms with van der Waals surface area (Å²) < 4.78 is 5.09. The molecule has 1 atom stereocenters. The van der Waals surface area contributed by atoms with Crippen LogP contribution in [0.25, 0.3) is 0 Å². The Morgan fingerprint density at radius 1 is 1.39 bits per heavy atom.